The molecule has 0 spiro atoms. The number of carbonyl (C=O) groups excluding carboxylic acids is 3. The molecule has 0 aliphatic carbocycles. The lowest BCUT2D eigenvalue weighted by Gasteiger charge is -2.15. The van der Waals surface area contributed by atoms with Crippen LogP contribution in [0.2, 0.25) is 0 Å². The number of benzene rings is 1. The smallest absolute Gasteiger partial charge is 0.338 e. The molecule has 2 rings (SSSR count). The molecule has 1 aromatic rings. The van der Waals surface area contributed by atoms with Crippen molar-refractivity contribution in [3.05, 3.63) is 29.8 Å². The van der Waals surface area contributed by atoms with E-state index >= 15 is 0 Å². The number of hydrogen-bond donors (Lipinski definition) is 1. The van der Waals surface area contributed by atoms with Gasteiger partial charge in [0.1, 0.15) is 4.32 Å². The highest BCUT2D eigenvalue weighted by atomic mass is 32.2. The van der Waals surface area contributed by atoms with Crippen LogP contribution in [0.4, 0.5) is 5.69 Å². The van der Waals surface area contributed by atoms with Crippen molar-refractivity contribution < 1.29 is 19.1 Å². The molecule has 0 atom stereocenters. The number of esters is 1. The summed E-state index contributed by atoms with van der Waals surface area (Å²) in [5.41, 5.74) is 1.24. The van der Waals surface area contributed by atoms with Crippen LogP contribution in [0.25, 0.3) is 0 Å². The predicted molar refractivity (Wildman–Crippen MR) is 101 cm³/mol. The normalized spacial score (nSPS) is 13.8. The van der Waals surface area contributed by atoms with Gasteiger partial charge in [0.25, 0.3) is 5.91 Å². The van der Waals surface area contributed by atoms with Crippen molar-refractivity contribution in [1.82, 2.24) is 10.2 Å². The van der Waals surface area contributed by atoms with E-state index in [0.29, 0.717) is 22.2 Å². The maximum Gasteiger partial charge on any atom is 0.338 e. The van der Waals surface area contributed by atoms with Crippen molar-refractivity contribution >= 4 is 51.8 Å². The number of nitrogens with one attached hydrogen (secondary N) is 1. The summed E-state index contributed by atoms with van der Waals surface area (Å²) in [7, 11) is 3.74. The number of ether oxygens (including phenoxy) is 1. The molecule has 1 fully saturated rings. The van der Waals surface area contributed by atoms with Gasteiger partial charge in [0.05, 0.1) is 11.3 Å². The van der Waals surface area contributed by atoms with Gasteiger partial charge in [-0.3, -0.25) is 14.5 Å². The Kier molecular flexibility index (Phi) is 6.77. The lowest BCUT2D eigenvalue weighted by molar-refractivity contribution is -0.126. The van der Waals surface area contributed by atoms with Gasteiger partial charge in [0.15, 0.2) is 6.61 Å². The summed E-state index contributed by atoms with van der Waals surface area (Å²) in [6, 6.07) is 6.94. The molecular formula is C16H19N3O4S2. The monoisotopic (exact) mass is 381 g/mol. The lowest BCUT2D eigenvalue weighted by atomic mass is 10.2. The van der Waals surface area contributed by atoms with Gasteiger partial charge in [-0.2, -0.15) is 0 Å². The number of thiocarbonyl (C=S) groups is 1. The second-order valence-corrected chi connectivity index (χ2v) is 7.08. The van der Waals surface area contributed by atoms with E-state index in [4.69, 9.17) is 17.0 Å². The summed E-state index contributed by atoms with van der Waals surface area (Å²) < 4.78 is 5.53. The highest BCUT2D eigenvalue weighted by Gasteiger charge is 2.25. The fraction of sp³-hybridized carbons (Fsp3) is 0.375. The first-order valence-corrected chi connectivity index (χ1v) is 8.96. The van der Waals surface area contributed by atoms with Crippen molar-refractivity contribution in [3.8, 4) is 0 Å². The molecule has 1 aromatic carbocycles. The summed E-state index contributed by atoms with van der Waals surface area (Å²) >= 11 is 6.36. The predicted octanol–water partition coefficient (Wildman–Crippen LogP) is 0.886. The average Bonchev–Trinajstić information content (AvgIpc) is 2.91. The Morgan fingerprint density at radius 3 is 2.80 bits per heavy atom. The summed E-state index contributed by atoms with van der Waals surface area (Å²) in [6.45, 7) is 0.187. The van der Waals surface area contributed by atoms with Crippen LogP contribution in [0.1, 0.15) is 10.4 Å². The summed E-state index contributed by atoms with van der Waals surface area (Å²) in [5.74, 6) is -0.707. The summed E-state index contributed by atoms with van der Waals surface area (Å²) in [4.78, 5) is 38.6. The molecule has 25 heavy (non-hydrogen) atoms. The van der Waals surface area contributed by atoms with Crippen LogP contribution >= 0.6 is 24.0 Å². The minimum atomic E-state index is -0.564. The molecule has 0 saturated carbocycles. The Balaban J connectivity index is 1.74. The molecule has 7 nitrogen and oxygen atoms in total. The maximum absolute atomic E-state index is 12.0. The van der Waals surface area contributed by atoms with Crippen LogP contribution in [0.3, 0.4) is 0 Å². The molecule has 1 aliphatic rings. The Bertz CT molecular complexity index is 678. The lowest BCUT2D eigenvalue weighted by Crippen LogP contribution is -2.38. The van der Waals surface area contributed by atoms with E-state index in [2.05, 4.69) is 5.32 Å². The Morgan fingerprint density at radius 1 is 1.40 bits per heavy atom. The molecule has 2 amide bonds. The highest BCUT2D eigenvalue weighted by Crippen LogP contribution is 2.18. The SMILES string of the molecule is CN(C)c1cccc(C(=O)OCC(=O)NCCN2C(=O)CSC2=S)c1. The van der Waals surface area contributed by atoms with Crippen LogP contribution in [-0.4, -0.2) is 66.5 Å². The van der Waals surface area contributed by atoms with Crippen molar-refractivity contribution in [2.45, 2.75) is 0 Å². The maximum atomic E-state index is 12.0. The second kappa shape index (κ2) is 8.82. The molecule has 134 valence electrons. The van der Waals surface area contributed by atoms with E-state index in [9.17, 15) is 14.4 Å². The number of carbonyl (C=O) groups is 3. The fourth-order valence-corrected chi connectivity index (χ4v) is 3.20. The van der Waals surface area contributed by atoms with Crippen LogP contribution in [0.15, 0.2) is 24.3 Å². The molecule has 1 heterocycles. The molecule has 0 aromatic heterocycles. The zero-order valence-electron chi connectivity index (χ0n) is 14.0. The van der Waals surface area contributed by atoms with Crippen LogP contribution in [0.5, 0.6) is 0 Å². The van der Waals surface area contributed by atoms with E-state index in [1.807, 2.05) is 25.1 Å². The zero-order valence-corrected chi connectivity index (χ0v) is 15.6. The van der Waals surface area contributed by atoms with Gasteiger partial charge in [-0.15, -0.1) is 0 Å². The summed E-state index contributed by atoms with van der Waals surface area (Å²) in [6.07, 6.45) is 0. The second-order valence-electron chi connectivity index (χ2n) is 5.47. The van der Waals surface area contributed by atoms with Gasteiger partial charge in [0, 0.05) is 32.9 Å². The van der Waals surface area contributed by atoms with Crippen LogP contribution in [0, 0.1) is 0 Å². The number of amides is 2. The molecule has 0 unspecified atom stereocenters. The first kappa shape index (κ1) is 19.2. The Hall–Kier alpha value is -2.13. The van der Waals surface area contributed by atoms with E-state index < -0.39 is 11.9 Å². The average molecular weight is 381 g/mol. The molecule has 0 radical (unpaired) electrons. The Labute approximate surface area is 155 Å². The van der Waals surface area contributed by atoms with Gasteiger partial charge in [0.2, 0.25) is 5.91 Å². The van der Waals surface area contributed by atoms with E-state index in [0.717, 1.165) is 5.69 Å². The van der Waals surface area contributed by atoms with Crippen molar-refractivity contribution in [2.75, 3.05) is 44.4 Å². The van der Waals surface area contributed by atoms with Crippen LogP contribution in [-0.2, 0) is 14.3 Å². The standard InChI is InChI=1S/C16H19N3O4S2/c1-18(2)12-5-3-4-11(8-12)15(22)23-9-13(20)17-6-7-19-14(21)10-25-16(19)24/h3-5,8H,6-7,9-10H2,1-2H3,(H,17,20). The molecule has 9 heteroatoms. The Morgan fingerprint density at radius 2 is 2.16 bits per heavy atom. The fourth-order valence-electron chi connectivity index (χ4n) is 2.08. The van der Waals surface area contributed by atoms with Crippen LogP contribution < -0.4 is 10.2 Å². The van der Waals surface area contributed by atoms with Gasteiger partial charge >= 0.3 is 5.97 Å². The van der Waals surface area contributed by atoms with E-state index in [1.54, 1.807) is 18.2 Å². The van der Waals surface area contributed by atoms with Gasteiger partial charge in [-0.05, 0) is 18.2 Å². The summed E-state index contributed by atoms with van der Waals surface area (Å²) in [5, 5.41) is 2.60. The highest BCUT2D eigenvalue weighted by molar-refractivity contribution is 8.23. The third kappa shape index (κ3) is 5.43. The van der Waals surface area contributed by atoms with E-state index in [1.165, 1.54) is 16.7 Å². The zero-order chi connectivity index (χ0) is 18.4. The molecular weight excluding hydrogens is 362 g/mol. The third-order valence-electron chi connectivity index (χ3n) is 3.43. The number of thioether (sulfide) groups is 1. The molecule has 0 bridgehead atoms. The quantitative estimate of drug-likeness (QED) is 0.555. The minimum Gasteiger partial charge on any atom is -0.452 e. The van der Waals surface area contributed by atoms with Crippen molar-refractivity contribution in [2.24, 2.45) is 0 Å². The first-order chi connectivity index (χ1) is 11.9. The topological polar surface area (TPSA) is 79.0 Å². The molecule has 1 aliphatic heterocycles. The number of nitrogens with zero attached hydrogens (tertiary/aromatic N) is 2. The number of anilines is 1. The molecule has 1 saturated heterocycles. The first-order valence-electron chi connectivity index (χ1n) is 7.57. The van der Waals surface area contributed by atoms with Crippen molar-refractivity contribution in [1.29, 1.82) is 0 Å². The van der Waals surface area contributed by atoms with Gasteiger partial charge < -0.3 is 15.0 Å². The third-order valence-corrected chi connectivity index (χ3v) is 4.86. The largest absolute Gasteiger partial charge is 0.452 e. The number of rotatable bonds is 7. The number of hydrogen-bond acceptors (Lipinski definition) is 7. The van der Waals surface area contributed by atoms with Gasteiger partial charge in [-0.1, -0.05) is 30.0 Å². The molecule has 1 N–H and O–H groups in total. The van der Waals surface area contributed by atoms with Gasteiger partial charge in [-0.25, -0.2) is 4.79 Å². The van der Waals surface area contributed by atoms with E-state index in [-0.39, 0.29) is 19.1 Å². The van der Waals surface area contributed by atoms with Crippen molar-refractivity contribution in [3.63, 3.8) is 0 Å². The minimum absolute atomic E-state index is 0.0588.